The second-order valence-electron chi connectivity index (χ2n) is 3.59. The number of ether oxygens (including phenoxy) is 1. The summed E-state index contributed by atoms with van der Waals surface area (Å²) < 4.78 is 5.54. The molecule has 0 aromatic heterocycles. The summed E-state index contributed by atoms with van der Waals surface area (Å²) in [6, 6.07) is 5.49. The van der Waals surface area contributed by atoms with Crippen LogP contribution in [-0.4, -0.2) is 18.0 Å². The lowest BCUT2D eigenvalue weighted by Gasteiger charge is -2.07. The highest BCUT2D eigenvalue weighted by Crippen LogP contribution is 2.32. The van der Waals surface area contributed by atoms with E-state index in [1.54, 1.807) is 6.07 Å². The van der Waals surface area contributed by atoms with Gasteiger partial charge in [0.15, 0.2) is 0 Å². The zero-order valence-electron chi connectivity index (χ0n) is 8.19. The summed E-state index contributed by atoms with van der Waals surface area (Å²) in [6.45, 7) is 0.790. The Kier molecular flexibility index (Phi) is 2.87. The van der Waals surface area contributed by atoms with Gasteiger partial charge in [-0.2, -0.15) is 0 Å². The summed E-state index contributed by atoms with van der Waals surface area (Å²) in [5, 5.41) is 9.57. The fourth-order valence-electron chi connectivity index (χ4n) is 1.26. The minimum absolute atomic E-state index is 0.311. The minimum Gasteiger partial charge on any atom is -0.507 e. The Labute approximate surface area is 88.3 Å². The quantitative estimate of drug-likeness (QED) is 0.775. The molecule has 3 heteroatoms. The third kappa shape index (κ3) is 2.35. The molecule has 1 saturated carbocycles. The molecule has 1 aromatic carbocycles. The summed E-state index contributed by atoms with van der Waals surface area (Å²) in [7, 11) is 0. The molecule has 1 aliphatic carbocycles. The Morgan fingerprint density at radius 1 is 1.50 bits per heavy atom. The monoisotopic (exact) mass is 210 g/mol. The molecule has 76 valence electrons. The lowest BCUT2D eigenvalue weighted by molar-refractivity contribution is 0.297. The first-order valence-corrected chi connectivity index (χ1v) is 6.02. The van der Waals surface area contributed by atoms with Crippen molar-refractivity contribution in [1.29, 1.82) is 0 Å². The second-order valence-corrected chi connectivity index (χ2v) is 4.44. The predicted molar refractivity (Wildman–Crippen MR) is 58.1 cm³/mol. The van der Waals surface area contributed by atoms with Gasteiger partial charge in [0.1, 0.15) is 11.5 Å². The van der Waals surface area contributed by atoms with Gasteiger partial charge in [-0.1, -0.05) is 0 Å². The number of rotatable bonds is 4. The van der Waals surface area contributed by atoms with Crippen molar-refractivity contribution in [1.82, 2.24) is 0 Å². The lowest BCUT2D eigenvalue weighted by atomic mass is 10.3. The van der Waals surface area contributed by atoms with Crippen LogP contribution in [0.3, 0.4) is 0 Å². The number of hydrogen-bond acceptors (Lipinski definition) is 3. The Morgan fingerprint density at radius 3 is 2.86 bits per heavy atom. The molecule has 1 N–H and O–H groups in total. The van der Waals surface area contributed by atoms with E-state index in [2.05, 4.69) is 0 Å². The molecular weight excluding hydrogens is 196 g/mol. The van der Waals surface area contributed by atoms with Crippen molar-refractivity contribution in [3.05, 3.63) is 18.2 Å². The molecule has 0 atom stereocenters. The molecule has 0 radical (unpaired) electrons. The van der Waals surface area contributed by atoms with E-state index in [9.17, 15) is 5.11 Å². The van der Waals surface area contributed by atoms with Gasteiger partial charge in [-0.15, -0.1) is 11.8 Å². The fourth-order valence-corrected chi connectivity index (χ4v) is 1.73. The standard InChI is InChI=1S/C11H14O2S/c1-14-11-5-4-9(6-10(11)12)13-7-8-2-3-8/h4-6,8,12H,2-3,7H2,1H3. The molecule has 0 spiro atoms. The van der Waals surface area contributed by atoms with E-state index in [4.69, 9.17) is 4.74 Å². The fraction of sp³-hybridized carbons (Fsp3) is 0.455. The molecule has 14 heavy (non-hydrogen) atoms. The molecule has 1 aliphatic rings. The molecule has 1 aromatic rings. The highest BCUT2D eigenvalue weighted by atomic mass is 32.2. The van der Waals surface area contributed by atoms with Crippen LogP contribution in [0.15, 0.2) is 23.1 Å². The van der Waals surface area contributed by atoms with Gasteiger partial charge in [0.25, 0.3) is 0 Å². The molecule has 2 nitrogen and oxygen atoms in total. The number of benzene rings is 1. The molecule has 1 fully saturated rings. The van der Waals surface area contributed by atoms with Gasteiger partial charge in [-0.05, 0) is 37.1 Å². The smallest absolute Gasteiger partial charge is 0.132 e. The molecular formula is C11H14O2S. The van der Waals surface area contributed by atoms with Crippen LogP contribution in [0.2, 0.25) is 0 Å². The molecule has 0 aliphatic heterocycles. The molecule has 0 heterocycles. The number of aromatic hydroxyl groups is 1. The summed E-state index contributed by atoms with van der Waals surface area (Å²) in [5.41, 5.74) is 0. The van der Waals surface area contributed by atoms with Crippen LogP contribution in [-0.2, 0) is 0 Å². The van der Waals surface area contributed by atoms with E-state index < -0.39 is 0 Å². The van der Waals surface area contributed by atoms with Crippen LogP contribution in [0.5, 0.6) is 11.5 Å². The highest BCUT2D eigenvalue weighted by molar-refractivity contribution is 7.98. The topological polar surface area (TPSA) is 29.5 Å². The molecule has 0 saturated heterocycles. The first kappa shape index (κ1) is 9.71. The maximum Gasteiger partial charge on any atom is 0.132 e. The maximum absolute atomic E-state index is 9.57. The summed E-state index contributed by atoms with van der Waals surface area (Å²) in [5.74, 6) is 1.83. The van der Waals surface area contributed by atoms with Gasteiger partial charge in [0, 0.05) is 11.0 Å². The van der Waals surface area contributed by atoms with Crippen molar-refractivity contribution in [2.75, 3.05) is 12.9 Å². The maximum atomic E-state index is 9.57. The predicted octanol–water partition coefficient (Wildman–Crippen LogP) is 2.90. The van der Waals surface area contributed by atoms with Crippen molar-refractivity contribution >= 4 is 11.8 Å². The van der Waals surface area contributed by atoms with E-state index in [-0.39, 0.29) is 0 Å². The average Bonchev–Trinajstić information content (AvgIpc) is 2.98. The Bertz CT molecular complexity index is 321. The number of phenols is 1. The van der Waals surface area contributed by atoms with Crippen molar-refractivity contribution in [3.63, 3.8) is 0 Å². The molecule has 0 bridgehead atoms. The largest absolute Gasteiger partial charge is 0.507 e. The van der Waals surface area contributed by atoms with Gasteiger partial charge in [0.2, 0.25) is 0 Å². The van der Waals surface area contributed by atoms with E-state index in [1.165, 1.54) is 24.6 Å². The van der Waals surface area contributed by atoms with Crippen LogP contribution >= 0.6 is 11.8 Å². The molecule has 0 amide bonds. The summed E-state index contributed by atoms with van der Waals surface area (Å²) >= 11 is 1.54. The summed E-state index contributed by atoms with van der Waals surface area (Å²) in [6.07, 6.45) is 4.52. The number of hydrogen-bond donors (Lipinski definition) is 1. The van der Waals surface area contributed by atoms with Crippen LogP contribution in [0.1, 0.15) is 12.8 Å². The van der Waals surface area contributed by atoms with E-state index in [1.807, 2.05) is 18.4 Å². The van der Waals surface area contributed by atoms with E-state index in [0.717, 1.165) is 23.2 Å². The average molecular weight is 210 g/mol. The normalized spacial score (nSPS) is 15.5. The van der Waals surface area contributed by atoms with Gasteiger partial charge >= 0.3 is 0 Å². The van der Waals surface area contributed by atoms with Crippen LogP contribution in [0.4, 0.5) is 0 Å². The molecule has 2 rings (SSSR count). The van der Waals surface area contributed by atoms with Gasteiger partial charge < -0.3 is 9.84 Å². The van der Waals surface area contributed by atoms with Crippen LogP contribution in [0, 0.1) is 5.92 Å². The highest BCUT2D eigenvalue weighted by Gasteiger charge is 2.21. The Morgan fingerprint density at radius 2 is 2.29 bits per heavy atom. The SMILES string of the molecule is CSc1ccc(OCC2CC2)cc1O. The van der Waals surface area contributed by atoms with Crippen LogP contribution < -0.4 is 4.74 Å². The Hall–Kier alpha value is -0.830. The molecule has 0 unspecified atom stereocenters. The third-order valence-electron chi connectivity index (χ3n) is 2.33. The van der Waals surface area contributed by atoms with Gasteiger partial charge in [-0.25, -0.2) is 0 Å². The van der Waals surface area contributed by atoms with E-state index in [0.29, 0.717) is 5.75 Å². The summed E-state index contributed by atoms with van der Waals surface area (Å²) in [4.78, 5) is 0.892. The second kappa shape index (κ2) is 4.13. The lowest BCUT2D eigenvalue weighted by Crippen LogP contribution is -1.98. The van der Waals surface area contributed by atoms with Crippen molar-refractivity contribution in [2.24, 2.45) is 5.92 Å². The minimum atomic E-state index is 0.311. The van der Waals surface area contributed by atoms with Crippen molar-refractivity contribution in [2.45, 2.75) is 17.7 Å². The van der Waals surface area contributed by atoms with Gasteiger partial charge in [0.05, 0.1) is 6.61 Å². The number of thioether (sulfide) groups is 1. The van der Waals surface area contributed by atoms with E-state index >= 15 is 0 Å². The van der Waals surface area contributed by atoms with Crippen LogP contribution in [0.25, 0.3) is 0 Å². The zero-order chi connectivity index (χ0) is 9.97. The third-order valence-corrected chi connectivity index (χ3v) is 3.12. The van der Waals surface area contributed by atoms with Crippen molar-refractivity contribution < 1.29 is 9.84 Å². The first-order valence-electron chi connectivity index (χ1n) is 4.79. The first-order chi connectivity index (χ1) is 6.79. The number of phenolic OH excluding ortho intramolecular Hbond substituents is 1. The Balaban J connectivity index is 1.99. The zero-order valence-corrected chi connectivity index (χ0v) is 9.01. The van der Waals surface area contributed by atoms with Crippen molar-refractivity contribution in [3.8, 4) is 11.5 Å². The van der Waals surface area contributed by atoms with Gasteiger partial charge in [-0.3, -0.25) is 0 Å².